The number of nitrogens with zero attached hydrogens (tertiary/aromatic N) is 3. The number of furan rings is 1. The molecule has 0 N–H and O–H groups in total. The molecular formula is C58H56BN3O2. The first-order valence-electron chi connectivity index (χ1n) is 22.9. The van der Waals surface area contributed by atoms with Crippen LogP contribution in [0.3, 0.4) is 0 Å². The van der Waals surface area contributed by atoms with Crippen LogP contribution >= 0.6 is 0 Å². The SMILES string of the molecule is CC(C)(C)c1ccc(N2c3cc(N(c4ccccc4)c4ccccc4)cc4c3B(c3ccc5c(c3N4c3ccccc3)OC(C(C)(C)C)C5C(C)(C)C)c3c2oc2ccccc32)cc1. The van der Waals surface area contributed by atoms with Gasteiger partial charge in [0.15, 0.2) is 0 Å². The molecule has 64 heavy (non-hydrogen) atoms. The van der Waals surface area contributed by atoms with Gasteiger partial charge in [0.1, 0.15) is 17.4 Å². The van der Waals surface area contributed by atoms with Crippen LogP contribution in [-0.2, 0) is 5.41 Å². The van der Waals surface area contributed by atoms with Gasteiger partial charge in [-0.25, -0.2) is 0 Å². The highest BCUT2D eigenvalue weighted by atomic mass is 16.5. The molecule has 8 aromatic rings. The zero-order chi connectivity index (χ0) is 44.3. The Hall–Kier alpha value is -6.66. The van der Waals surface area contributed by atoms with E-state index in [-0.39, 0.29) is 35.0 Å². The Morgan fingerprint density at radius 3 is 1.69 bits per heavy atom. The second kappa shape index (κ2) is 14.4. The molecule has 1 aromatic heterocycles. The Morgan fingerprint density at radius 2 is 1.09 bits per heavy atom. The van der Waals surface area contributed by atoms with Gasteiger partial charge < -0.3 is 19.0 Å². The fourth-order valence-electron chi connectivity index (χ4n) is 10.8. The third-order valence-electron chi connectivity index (χ3n) is 13.7. The van der Waals surface area contributed by atoms with Gasteiger partial charge in [0.2, 0.25) is 5.88 Å². The Kier molecular flexibility index (Phi) is 9.05. The quantitative estimate of drug-likeness (QED) is 0.161. The van der Waals surface area contributed by atoms with E-state index in [9.17, 15) is 0 Å². The summed E-state index contributed by atoms with van der Waals surface area (Å²) >= 11 is 0. The summed E-state index contributed by atoms with van der Waals surface area (Å²) in [4.78, 5) is 7.29. The monoisotopic (exact) mass is 837 g/mol. The summed E-state index contributed by atoms with van der Waals surface area (Å²) < 4.78 is 14.7. The number of benzene rings is 7. The summed E-state index contributed by atoms with van der Waals surface area (Å²) in [6.45, 7) is 20.7. The summed E-state index contributed by atoms with van der Waals surface area (Å²) in [5.74, 6) is 2.01. The Balaban J connectivity index is 1.29. The van der Waals surface area contributed by atoms with Crippen LogP contribution in [0.15, 0.2) is 168 Å². The molecule has 3 aliphatic rings. The summed E-state index contributed by atoms with van der Waals surface area (Å²) in [5, 5.41) is 1.12. The molecule has 7 aromatic carbocycles. The molecule has 0 radical (unpaired) electrons. The molecule has 6 heteroatoms. The third-order valence-corrected chi connectivity index (χ3v) is 13.7. The minimum atomic E-state index is -0.157. The van der Waals surface area contributed by atoms with Crippen molar-refractivity contribution in [1.29, 1.82) is 0 Å². The first-order valence-corrected chi connectivity index (χ1v) is 22.9. The van der Waals surface area contributed by atoms with Gasteiger partial charge in [-0.1, -0.05) is 159 Å². The minimum Gasteiger partial charge on any atom is -0.487 e. The van der Waals surface area contributed by atoms with E-state index in [0.29, 0.717) is 0 Å². The van der Waals surface area contributed by atoms with Crippen LogP contribution in [0.1, 0.15) is 79.4 Å². The van der Waals surface area contributed by atoms with Crippen molar-refractivity contribution in [3.8, 4) is 5.75 Å². The van der Waals surface area contributed by atoms with E-state index in [4.69, 9.17) is 9.15 Å². The standard InChI is InChI=1S/C58H56BN3O2/c1-56(2,3)37-29-31-41(32-30-37)62-47-36-42(60(38-21-13-10-14-22-38)39-23-15-11-16-24-39)35-46-51(47)59(50-43-27-19-20-28-48(43)63-55(50)62)45-34-33-44-49(57(4,5)6)54(58(7,8)9)64-53(44)52(45)61(46)40-25-17-12-18-26-40/h10-36,49,54H,1-9H3. The van der Waals surface area contributed by atoms with E-state index in [1.807, 2.05) is 0 Å². The molecule has 3 aliphatic heterocycles. The van der Waals surface area contributed by atoms with Gasteiger partial charge >= 0.3 is 0 Å². The van der Waals surface area contributed by atoms with Crippen molar-refractivity contribution < 1.29 is 9.15 Å². The maximum absolute atomic E-state index is 7.53. The zero-order valence-corrected chi connectivity index (χ0v) is 38.5. The first-order chi connectivity index (χ1) is 30.7. The van der Waals surface area contributed by atoms with Gasteiger partial charge in [-0.3, -0.25) is 4.90 Å². The second-order valence-electron chi connectivity index (χ2n) is 21.1. The van der Waals surface area contributed by atoms with Gasteiger partial charge in [0.25, 0.3) is 6.71 Å². The van der Waals surface area contributed by atoms with Gasteiger partial charge in [-0.2, -0.15) is 0 Å². The van der Waals surface area contributed by atoms with Crippen LogP contribution in [0.4, 0.5) is 51.4 Å². The average molecular weight is 838 g/mol. The van der Waals surface area contributed by atoms with Crippen molar-refractivity contribution in [2.75, 3.05) is 14.7 Å². The van der Waals surface area contributed by atoms with Crippen LogP contribution < -0.4 is 35.8 Å². The van der Waals surface area contributed by atoms with Crippen molar-refractivity contribution in [3.63, 3.8) is 0 Å². The maximum atomic E-state index is 7.53. The third kappa shape index (κ3) is 6.28. The predicted octanol–water partition coefficient (Wildman–Crippen LogP) is 14.2. The molecule has 0 saturated carbocycles. The highest BCUT2D eigenvalue weighted by molar-refractivity contribution is 7.01. The Bertz CT molecular complexity index is 3010. The number of ether oxygens (including phenoxy) is 1. The lowest BCUT2D eigenvalue weighted by atomic mass is 9.33. The van der Waals surface area contributed by atoms with E-state index < -0.39 is 0 Å². The van der Waals surface area contributed by atoms with Crippen molar-refractivity contribution in [3.05, 3.63) is 175 Å². The maximum Gasteiger partial charge on any atom is 0.257 e. The summed E-state index contributed by atoms with van der Waals surface area (Å²) in [5.41, 5.74) is 15.5. The lowest BCUT2D eigenvalue weighted by Crippen LogP contribution is -2.61. The van der Waals surface area contributed by atoms with Crippen LogP contribution in [0.5, 0.6) is 5.75 Å². The van der Waals surface area contributed by atoms with Crippen molar-refractivity contribution in [1.82, 2.24) is 0 Å². The highest BCUT2D eigenvalue weighted by Gasteiger charge is 2.52. The van der Waals surface area contributed by atoms with Gasteiger partial charge in [-0.15, -0.1) is 0 Å². The number of fused-ring (bicyclic) bond motifs is 8. The molecule has 0 saturated heterocycles. The van der Waals surface area contributed by atoms with Gasteiger partial charge in [-0.05, 0) is 99.5 Å². The van der Waals surface area contributed by atoms with Crippen LogP contribution in [-0.4, -0.2) is 12.8 Å². The summed E-state index contributed by atoms with van der Waals surface area (Å²) in [7, 11) is 0. The molecule has 11 rings (SSSR count). The number of anilines is 9. The van der Waals surface area contributed by atoms with E-state index in [0.717, 1.165) is 68.1 Å². The first kappa shape index (κ1) is 40.1. The summed E-state index contributed by atoms with van der Waals surface area (Å²) in [6.07, 6.45) is -0.0233. The molecular weight excluding hydrogens is 781 g/mol. The number of hydrogen-bond acceptors (Lipinski definition) is 5. The molecule has 0 spiro atoms. The van der Waals surface area contributed by atoms with Crippen molar-refractivity contribution in [2.24, 2.45) is 10.8 Å². The molecule has 5 nitrogen and oxygen atoms in total. The molecule has 0 fully saturated rings. The predicted molar refractivity (Wildman–Crippen MR) is 270 cm³/mol. The molecule has 318 valence electrons. The fraction of sp³-hybridized carbons (Fsp3) is 0.241. The topological polar surface area (TPSA) is 32.1 Å². The number of rotatable bonds is 5. The summed E-state index contributed by atoms with van der Waals surface area (Å²) in [6, 6.07) is 59.7. The van der Waals surface area contributed by atoms with Gasteiger partial charge in [0.05, 0.1) is 11.4 Å². The van der Waals surface area contributed by atoms with E-state index in [1.165, 1.54) is 27.5 Å². The average Bonchev–Trinajstić information content (AvgIpc) is 3.88. The normalized spacial score (nSPS) is 16.5. The molecule has 2 unspecified atom stereocenters. The minimum absolute atomic E-state index is 0.00121. The molecule has 0 aliphatic carbocycles. The molecule has 0 bridgehead atoms. The Morgan fingerprint density at radius 1 is 0.531 bits per heavy atom. The van der Waals surface area contributed by atoms with Crippen LogP contribution in [0, 0.1) is 10.8 Å². The highest BCUT2D eigenvalue weighted by Crippen LogP contribution is 2.58. The van der Waals surface area contributed by atoms with Crippen molar-refractivity contribution >= 4 is 85.5 Å². The molecule has 0 amide bonds. The van der Waals surface area contributed by atoms with Crippen LogP contribution in [0.25, 0.3) is 11.0 Å². The van der Waals surface area contributed by atoms with Crippen LogP contribution in [0.2, 0.25) is 0 Å². The fourth-order valence-corrected chi connectivity index (χ4v) is 10.8. The Labute approximate surface area is 379 Å². The molecule has 4 heterocycles. The van der Waals surface area contributed by atoms with E-state index in [1.54, 1.807) is 0 Å². The van der Waals surface area contributed by atoms with E-state index >= 15 is 0 Å². The lowest BCUT2D eigenvalue weighted by Gasteiger charge is -2.44. The zero-order valence-electron chi connectivity index (χ0n) is 38.5. The van der Waals surface area contributed by atoms with E-state index in [2.05, 4.69) is 241 Å². The number of hydrogen-bond donors (Lipinski definition) is 0. The second-order valence-corrected chi connectivity index (χ2v) is 21.1. The molecule has 2 atom stereocenters. The van der Waals surface area contributed by atoms with Crippen molar-refractivity contribution in [2.45, 2.75) is 79.8 Å². The lowest BCUT2D eigenvalue weighted by molar-refractivity contribution is 0.0520. The smallest absolute Gasteiger partial charge is 0.257 e. The number of para-hydroxylation sites is 4. The largest absolute Gasteiger partial charge is 0.487 e. The van der Waals surface area contributed by atoms with Gasteiger partial charge in [0, 0.05) is 56.5 Å².